The van der Waals surface area contributed by atoms with Crippen LogP contribution in [0.5, 0.6) is 0 Å². The predicted octanol–water partition coefficient (Wildman–Crippen LogP) is 14.6. The average Bonchev–Trinajstić information content (AvgIpc) is 3.87. The normalized spacial score (nSPS) is 13.9. The fourth-order valence-corrected chi connectivity index (χ4v) is 11.3. The van der Waals surface area contributed by atoms with Crippen LogP contribution in [0.1, 0.15) is 47.2 Å². The van der Waals surface area contributed by atoms with Crippen molar-refractivity contribution in [3.8, 4) is 62.1 Å². The Balaban J connectivity index is 1.00. The van der Waals surface area contributed by atoms with E-state index in [-0.39, 0.29) is 5.41 Å². The summed E-state index contributed by atoms with van der Waals surface area (Å²) in [5, 5.41) is 2.47. The van der Waals surface area contributed by atoms with Crippen molar-refractivity contribution in [3.63, 3.8) is 0 Å². The molecule has 0 radical (unpaired) electrons. The third kappa shape index (κ3) is 5.34. The van der Waals surface area contributed by atoms with Gasteiger partial charge in [0.1, 0.15) is 0 Å². The van der Waals surface area contributed by atoms with Crippen molar-refractivity contribution in [1.82, 2.24) is 19.5 Å². The van der Waals surface area contributed by atoms with Crippen LogP contribution in [0.2, 0.25) is 0 Å². The molecule has 13 rings (SSSR count). The molecule has 65 heavy (non-hydrogen) atoms. The highest BCUT2D eigenvalue weighted by Crippen LogP contribution is 2.63. The summed E-state index contributed by atoms with van der Waals surface area (Å²) < 4.78 is 2.34. The second-order valence-corrected chi connectivity index (χ2v) is 17.9. The molecule has 0 N–H and O–H groups in total. The molecule has 9 aromatic carbocycles. The number of hydrogen-bond donors (Lipinski definition) is 0. The van der Waals surface area contributed by atoms with Crippen LogP contribution in [-0.2, 0) is 10.8 Å². The molecule has 11 aromatic rings. The van der Waals surface area contributed by atoms with Crippen LogP contribution in [0.3, 0.4) is 0 Å². The van der Waals surface area contributed by atoms with E-state index < -0.39 is 5.41 Å². The van der Waals surface area contributed by atoms with Gasteiger partial charge in [-0.3, -0.25) is 0 Å². The van der Waals surface area contributed by atoms with Crippen LogP contribution in [0.25, 0.3) is 83.9 Å². The highest BCUT2D eigenvalue weighted by Gasteiger charge is 2.53. The van der Waals surface area contributed by atoms with Gasteiger partial charge in [-0.1, -0.05) is 196 Å². The highest BCUT2D eigenvalue weighted by atomic mass is 15.0. The molecule has 1 spiro atoms. The van der Waals surface area contributed by atoms with Crippen molar-refractivity contribution >= 4 is 21.8 Å². The molecule has 0 fully saturated rings. The molecule has 4 heteroatoms. The first-order valence-electron chi connectivity index (χ1n) is 22.5. The first kappa shape index (κ1) is 37.4. The van der Waals surface area contributed by atoms with Gasteiger partial charge in [-0.25, -0.2) is 15.0 Å². The van der Waals surface area contributed by atoms with E-state index >= 15 is 0 Å². The Kier molecular flexibility index (Phi) is 8.13. The van der Waals surface area contributed by atoms with Gasteiger partial charge in [0.2, 0.25) is 0 Å². The third-order valence-electron chi connectivity index (χ3n) is 14.2. The largest absolute Gasteiger partial charge is 0.309 e. The van der Waals surface area contributed by atoms with E-state index in [0.717, 1.165) is 33.5 Å². The van der Waals surface area contributed by atoms with E-state index in [1.54, 1.807) is 0 Å². The monoisotopic (exact) mass is 830 g/mol. The van der Waals surface area contributed by atoms with Gasteiger partial charge in [-0.05, 0) is 92.0 Å². The molecule has 0 atom stereocenters. The SMILES string of the molecule is CC1(C)c2ccccc2C2(c3ccccc3-c3c(-c4ccccc4-c4nc(-c5ccccc5)nc(-c5ccc(-n6c7ccccc7c7ccccc76)cc5)n4)cccc32)c2ccccc21. The fraction of sp³-hybridized carbons (Fsp3) is 0.0656. The van der Waals surface area contributed by atoms with Crippen LogP contribution in [0.15, 0.2) is 218 Å². The van der Waals surface area contributed by atoms with Crippen molar-refractivity contribution in [3.05, 3.63) is 252 Å². The summed E-state index contributed by atoms with van der Waals surface area (Å²) in [5.41, 5.74) is 18.3. The maximum atomic E-state index is 5.35. The molecule has 2 aliphatic rings. The van der Waals surface area contributed by atoms with E-state index in [0.29, 0.717) is 17.5 Å². The maximum Gasteiger partial charge on any atom is 0.164 e. The summed E-state index contributed by atoms with van der Waals surface area (Å²) in [6.07, 6.45) is 0. The summed E-state index contributed by atoms with van der Waals surface area (Å²) in [6, 6.07) is 78.9. The van der Waals surface area contributed by atoms with Crippen molar-refractivity contribution in [2.75, 3.05) is 0 Å². The summed E-state index contributed by atoms with van der Waals surface area (Å²) in [7, 11) is 0. The van der Waals surface area contributed by atoms with Crippen molar-refractivity contribution in [1.29, 1.82) is 0 Å². The first-order valence-corrected chi connectivity index (χ1v) is 22.5. The van der Waals surface area contributed by atoms with Gasteiger partial charge in [0.15, 0.2) is 17.5 Å². The van der Waals surface area contributed by atoms with Gasteiger partial charge < -0.3 is 4.57 Å². The first-order chi connectivity index (χ1) is 32.0. The molecule has 0 aliphatic heterocycles. The third-order valence-corrected chi connectivity index (χ3v) is 14.2. The van der Waals surface area contributed by atoms with E-state index in [9.17, 15) is 0 Å². The summed E-state index contributed by atoms with van der Waals surface area (Å²) in [5.74, 6) is 1.88. The Bertz CT molecular complexity index is 3590. The number of para-hydroxylation sites is 2. The lowest BCUT2D eigenvalue weighted by molar-refractivity contribution is 0.563. The molecule has 0 saturated heterocycles. The second kappa shape index (κ2) is 14.2. The molecule has 0 amide bonds. The van der Waals surface area contributed by atoms with E-state index in [1.165, 1.54) is 66.3 Å². The van der Waals surface area contributed by atoms with Gasteiger partial charge in [-0.2, -0.15) is 0 Å². The number of rotatable bonds is 5. The zero-order chi connectivity index (χ0) is 43.3. The zero-order valence-corrected chi connectivity index (χ0v) is 36.1. The number of nitrogens with zero attached hydrogens (tertiary/aromatic N) is 4. The van der Waals surface area contributed by atoms with E-state index in [1.807, 2.05) is 18.2 Å². The molecule has 2 aromatic heterocycles. The molecule has 2 heterocycles. The highest BCUT2D eigenvalue weighted by molar-refractivity contribution is 6.09. The lowest BCUT2D eigenvalue weighted by Gasteiger charge is -2.46. The number of benzene rings is 9. The molecule has 0 bridgehead atoms. The van der Waals surface area contributed by atoms with E-state index in [2.05, 4.69) is 219 Å². The second-order valence-electron chi connectivity index (χ2n) is 17.9. The number of aromatic nitrogens is 4. The summed E-state index contributed by atoms with van der Waals surface area (Å²) in [4.78, 5) is 15.8. The van der Waals surface area contributed by atoms with Gasteiger partial charge in [-0.15, -0.1) is 0 Å². The van der Waals surface area contributed by atoms with Crippen molar-refractivity contribution in [2.45, 2.75) is 24.7 Å². The predicted molar refractivity (Wildman–Crippen MR) is 265 cm³/mol. The average molecular weight is 831 g/mol. The maximum absolute atomic E-state index is 5.35. The summed E-state index contributed by atoms with van der Waals surface area (Å²) in [6.45, 7) is 4.75. The molecule has 306 valence electrons. The van der Waals surface area contributed by atoms with Gasteiger partial charge in [0.25, 0.3) is 0 Å². The topological polar surface area (TPSA) is 43.6 Å². The molecular weight excluding hydrogens is 789 g/mol. The minimum absolute atomic E-state index is 0.168. The van der Waals surface area contributed by atoms with Crippen LogP contribution in [0.4, 0.5) is 0 Å². The molecule has 4 nitrogen and oxygen atoms in total. The lowest BCUT2D eigenvalue weighted by Crippen LogP contribution is -2.40. The smallest absolute Gasteiger partial charge is 0.164 e. The Morgan fingerprint density at radius 2 is 0.769 bits per heavy atom. The fourth-order valence-electron chi connectivity index (χ4n) is 11.3. The van der Waals surface area contributed by atoms with Gasteiger partial charge in [0.05, 0.1) is 16.4 Å². The Labute approximate surface area is 378 Å². The van der Waals surface area contributed by atoms with Crippen LogP contribution < -0.4 is 0 Å². The van der Waals surface area contributed by atoms with Crippen LogP contribution >= 0.6 is 0 Å². The van der Waals surface area contributed by atoms with E-state index in [4.69, 9.17) is 15.0 Å². The molecule has 0 saturated carbocycles. The van der Waals surface area contributed by atoms with Crippen LogP contribution in [-0.4, -0.2) is 19.5 Å². The van der Waals surface area contributed by atoms with Crippen LogP contribution in [0, 0.1) is 0 Å². The Morgan fingerprint density at radius 1 is 0.323 bits per heavy atom. The van der Waals surface area contributed by atoms with Crippen molar-refractivity contribution < 1.29 is 0 Å². The number of hydrogen-bond acceptors (Lipinski definition) is 3. The van der Waals surface area contributed by atoms with Gasteiger partial charge >= 0.3 is 0 Å². The zero-order valence-electron chi connectivity index (χ0n) is 36.1. The molecule has 0 unspecified atom stereocenters. The minimum Gasteiger partial charge on any atom is -0.309 e. The molecule has 2 aliphatic carbocycles. The lowest BCUT2D eigenvalue weighted by atomic mass is 9.55. The minimum atomic E-state index is -0.494. The summed E-state index contributed by atoms with van der Waals surface area (Å²) >= 11 is 0. The Morgan fingerprint density at radius 3 is 1.40 bits per heavy atom. The molecular formula is C61H42N4. The van der Waals surface area contributed by atoms with Gasteiger partial charge in [0, 0.05) is 38.6 Å². The Hall–Kier alpha value is -8.21. The van der Waals surface area contributed by atoms with Crippen molar-refractivity contribution in [2.24, 2.45) is 0 Å². The standard InChI is InChI=1S/C61H42N4/c1-60(2)49-28-12-14-30-51(49)61(52-31-15-13-29-50(52)60)48-27-11-8-25-47(48)56-45(26-18-32-53(56)61)42-21-6-7-24-46(42)59-63-57(39-19-4-3-5-20-39)62-58(64-59)40-35-37-41(38-36-40)65-54-33-16-9-22-43(54)44-23-10-17-34-55(44)65/h3-38H,1-2H3. The number of fused-ring (bicyclic) bond motifs is 12. The quantitative estimate of drug-likeness (QED) is 0.174.